The van der Waals surface area contributed by atoms with Gasteiger partial charge < -0.3 is 5.73 Å². The molecule has 1 saturated heterocycles. The van der Waals surface area contributed by atoms with Crippen molar-refractivity contribution in [3.05, 3.63) is 0 Å². The molecule has 0 aromatic heterocycles. The number of hydrogen-bond donors (Lipinski definition) is 1. The van der Waals surface area contributed by atoms with Gasteiger partial charge in [-0.3, -0.25) is 14.5 Å². The van der Waals surface area contributed by atoms with Gasteiger partial charge in [-0.25, -0.2) is 0 Å². The Morgan fingerprint density at radius 1 is 1.43 bits per heavy atom. The molecule has 4 heteroatoms. The number of amides is 2. The first-order valence-corrected chi connectivity index (χ1v) is 5.27. The second kappa shape index (κ2) is 3.35. The molecular weight excluding hydrogens is 180 g/mol. The molecule has 1 heterocycles. The van der Waals surface area contributed by atoms with E-state index in [2.05, 4.69) is 0 Å². The molecule has 4 nitrogen and oxygen atoms in total. The van der Waals surface area contributed by atoms with Gasteiger partial charge in [-0.15, -0.1) is 0 Å². The number of nitrogens with zero attached hydrogens (tertiary/aromatic N) is 1. The fourth-order valence-electron chi connectivity index (χ4n) is 2.27. The summed E-state index contributed by atoms with van der Waals surface area (Å²) in [5, 5.41) is 0. The van der Waals surface area contributed by atoms with Gasteiger partial charge in [0.25, 0.3) is 0 Å². The minimum Gasteiger partial charge on any atom is -0.330 e. The molecule has 78 valence electrons. The molecule has 3 unspecified atom stereocenters. The Kier molecular flexibility index (Phi) is 2.31. The molecule has 2 fully saturated rings. The molecule has 0 aromatic rings. The number of piperidine rings is 1. The van der Waals surface area contributed by atoms with Gasteiger partial charge in [-0.05, 0) is 25.8 Å². The van der Waals surface area contributed by atoms with Crippen LogP contribution in [0.25, 0.3) is 0 Å². The van der Waals surface area contributed by atoms with Crippen molar-refractivity contribution in [3.63, 3.8) is 0 Å². The lowest BCUT2D eigenvalue weighted by Gasteiger charge is -2.26. The van der Waals surface area contributed by atoms with Gasteiger partial charge in [0.1, 0.15) is 0 Å². The lowest BCUT2D eigenvalue weighted by molar-refractivity contribution is -0.144. The molecule has 0 aromatic carbocycles. The van der Waals surface area contributed by atoms with Crippen LogP contribution >= 0.6 is 0 Å². The third-order valence-electron chi connectivity index (χ3n) is 3.24. The van der Waals surface area contributed by atoms with Crippen LogP contribution in [0.2, 0.25) is 0 Å². The third-order valence-corrected chi connectivity index (χ3v) is 3.24. The largest absolute Gasteiger partial charge is 0.330 e. The number of carbonyl (C=O) groups excluding carboxylic acids is 2. The maximum atomic E-state index is 11.7. The average Bonchev–Trinajstić information content (AvgIpc) is 2.91. The Bertz CT molecular complexity index is 257. The number of hydrogen-bond acceptors (Lipinski definition) is 3. The van der Waals surface area contributed by atoms with Crippen molar-refractivity contribution in [2.45, 2.75) is 32.2 Å². The fraction of sp³-hybridized carbons (Fsp3) is 0.800. The van der Waals surface area contributed by atoms with Crippen LogP contribution in [0, 0.1) is 11.8 Å². The Hall–Kier alpha value is -0.900. The number of fused-ring (bicyclic) bond motifs is 1. The fourth-order valence-corrected chi connectivity index (χ4v) is 2.27. The SMILES string of the molecule is CCC(CCN)N1C(=O)C2CC2C1=O. The zero-order valence-electron chi connectivity index (χ0n) is 8.40. The minimum atomic E-state index is 0.0225. The van der Waals surface area contributed by atoms with Gasteiger partial charge in [-0.2, -0.15) is 0 Å². The molecule has 2 aliphatic rings. The predicted molar refractivity (Wildman–Crippen MR) is 51.2 cm³/mol. The van der Waals surface area contributed by atoms with Crippen LogP contribution in [0.3, 0.4) is 0 Å². The summed E-state index contributed by atoms with van der Waals surface area (Å²) in [7, 11) is 0. The van der Waals surface area contributed by atoms with Crippen LogP contribution in [-0.4, -0.2) is 29.3 Å². The van der Waals surface area contributed by atoms with E-state index < -0.39 is 0 Å². The van der Waals surface area contributed by atoms with E-state index in [1.54, 1.807) is 0 Å². The monoisotopic (exact) mass is 196 g/mol. The molecule has 2 rings (SSSR count). The molecule has 2 amide bonds. The van der Waals surface area contributed by atoms with Crippen LogP contribution < -0.4 is 5.73 Å². The highest BCUT2D eigenvalue weighted by atomic mass is 16.2. The third kappa shape index (κ3) is 1.25. The predicted octanol–water partition coefficient (Wildman–Crippen LogP) is 0.119. The topological polar surface area (TPSA) is 63.4 Å². The molecule has 0 radical (unpaired) electrons. The van der Waals surface area contributed by atoms with Crippen LogP contribution in [-0.2, 0) is 9.59 Å². The van der Waals surface area contributed by atoms with Crippen molar-refractivity contribution in [1.82, 2.24) is 4.90 Å². The van der Waals surface area contributed by atoms with Crippen LogP contribution in [0.4, 0.5) is 0 Å². The molecule has 2 N–H and O–H groups in total. The molecule has 1 aliphatic heterocycles. The Morgan fingerprint density at radius 2 is 2.00 bits per heavy atom. The second-order valence-corrected chi connectivity index (χ2v) is 4.13. The van der Waals surface area contributed by atoms with E-state index in [0.29, 0.717) is 6.54 Å². The number of carbonyl (C=O) groups is 2. The zero-order chi connectivity index (χ0) is 10.3. The maximum absolute atomic E-state index is 11.7. The highest BCUT2D eigenvalue weighted by Gasteiger charge is 2.59. The zero-order valence-corrected chi connectivity index (χ0v) is 8.40. The first-order chi connectivity index (χ1) is 6.70. The van der Waals surface area contributed by atoms with Gasteiger partial charge in [0, 0.05) is 6.04 Å². The van der Waals surface area contributed by atoms with Gasteiger partial charge in [0.15, 0.2) is 0 Å². The van der Waals surface area contributed by atoms with Crippen LogP contribution in [0.5, 0.6) is 0 Å². The van der Waals surface area contributed by atoms with Crippen molar-refractivity contribution in [2.24, 2.45) is 17.6 Å². The number of likely N-dealkylation sites (tertiary alicyclic amines) is 1. The van der Waals surface area contributed by atoms with E-state index in [1.165, 1.54) is 4.90 Å². The van der Waals surface area contributed by atoms with E-state index in [1.807, 2.05) is 6.92 Å². The Morgan fingerprint density at radius 3 is 2.43 bits per heavy atom. The molecule has 0 spiro atoms. The summed E-state index contributed by atoms with van der Waals surface area (Å²) in [6.07, 6.45) is 2.33. The van der Waals surface area contributed by atoms with Crippen molar-refractivity contribution < 1.29 is 9.59 Å². The average molecular weight is 196 g/mol. The number of rotatable bonds is 4. The van der Waals surface area contributed by atoms with E-state index in [0.717, 1.165) is 19.3 Å². The molecule has 1 aliphatic carbocycles. The summed E-state index contributed by atoms with van der Waals surface area (Å²) >= 11 is 0. The highest BCUT2D eigenvalue weighted by Crippen LogP contribution is 2.48. The maximum Gasteiger partial charge on any atom is 0.233 e. The molecule has 0 bridgehead atoms. The van der Waals surface area contributed by atoms with Crippen molar-refractivity contribution in [2.75, 3.05) is 6.54 Å². The van der Waals surface area contributed by atoms with Crippen molar-refractivity contribution in [3.8, 4) is 0 Å². The van der Waals surface area contributed by atoms with Gasteiger partial charge >= 0.3 is 0 Å². The number of nitrogens with two attached hydrogens (primary N) is 1. The lowest BCUT2D eigenvalue weighted by atomic mass is 10.1. The van der Waals surface area contributed by atoms with E-state index in [4.69, 9.17) is 5.73 Å². The number of imide groups is 1. The summed E-state index contributed by atoms with van der Waals surface area (Å²) < 4.78 is 0. The van der Waals surface area contributed by atoms with Gasteiger partial charge in [0.05, 0.1) is 11.8 Å². The summed E-state index contributed by atoms with van der Waals surface area (Å²) in [5.74, 6) is 0.129. The second-order valence-electron chi connectivity index (χ2n) is 4.13. The quantitative estimate of drug-likeness (QED) is 0.649. The molecule has 14 heavy (non-hydrogen) atoms. The molecular formula is C10H16N2O2. The summed E-state index contributed by atoms with van der Waals surface area (Å²) in [6.45, 7) is 2.52. The first kappa shape index (κ1) is 9.65. The Labute approximate surface area is 83.4 Å². The van der Waals surface area contributed by atoms with E-state index in [-0.39, 0.29) is 29.7 Å². The highest BCUT2D eigenvalue weighted by molar-refractivity contribution is 6.09. The summed E-state index contributed by atoms with van der Waals surface area (Å²) in [6, 6.07) is 0.0350. The standard InChI is InChI=1S/C10H16N2O2/c1-2-6(3-4-11)12-9(13)7-5-8(7)10(12)14/h6-8H,2-5,11H2,1H3. The van der Waals surface area contributed by atoms with Crippen LogP contribution in [0.15, 0.2) is 0 Å². The first-order valence-electron chi connectivity index (χ1n) is 5.27. The smallest absolute Gasteiger partial charge is 0.233 e. The lowest BCUT2D eigenvalue weighted by Crippen LogP contribution is -2.42. The minimum absolute atomic E-state index is 0.0225. The Balaban J connectivity index is 2.09. The van der Waals surface area contributed by atoms with Gasteiger partial charge in [0.2, 0.25) is 11.8 Å². The summed E-state index contributed by atoms with van der Waals surface area (Å²) in [5.41, 5.74) is 5.46. The van der Waals surface area contributed by atoms with Gasteiger partial charge in [-0.1, -0.05) is 6.92 Å². The van der Waals surface area contributed by atoms with Crippen molar-refractivity contribution >= 4 is 11.8 Å². The summed E-state index contributed by atoms with van der Waals surface area (Å²) in [4.78, 5) is 24.9. The van der Waals surface area contributed by atoms with E-state index >= 15 is 0 Å². The molecule has 3 atom stereocenters. The van der Waals surface area contributed by atoms with Crippen LogP contribution in [0.1, 0.15) is 26.2 Å². The van der Waals surface area contributed by atoms with E-state index in [9.17, 15) is 9.59 Å². The normalized spacial score (nSPS) is 32.0. The van der Waals surface area contributed by atoms with Crippen molar-refractivity contribution in [1.29, 1.82) is 0 Å². The molecule has 1 saturated carbocycles.